The third-order valence-electron chi connectivity index (χ3n) is 7.45. The van der Waals surface area contributed by atoms with E-state index in [4.69, 9.17) is 9.15 Å². The summed E-state index contributed by atoms with van der Waals surface area (Å²) in [5.74, 6) is 2.19. The first-order valence-electron chi connectivity index (χ1n) is 13.2. The second-order valence-corrected chi connectivity index (χ2v) is 9.73. The summed E-state index contributed by atoms with van der Waals surface area (Å²) in [6.45, 7) is 5.57. The van der Waals surface area contributed by atoms with Crippen molar-refractivity contribution < 1.29 is 9.15 Å². The van der Waals surface area contributed by atoms with Gasteiger partial charge in [0.25, 0.3) is 5.56 Å². The molecule has 5 aromatic rings. The molecule has 200 valence electrons. The molecule has 0 spiro atoms. The molecule has 1 N–H and O–H groups in total. The summed E-state index contributed by atoms with van der Waals surface area (Å²) < 4.78 is 12.6. The summed E-state index contributed by atoms with van der Waals surface area (Å²) in [5.41, 5.74) is 3.67. The van der Waals surface area contributed by atoms with Crippen molar-refractivity contribution in [1.29, 1.82) is 0 Å². The molecule has 0 radical (unpaired) electrons. The van der Waals surface area contributed by atoms with Crippen LogP contribution in [0.2, 0.25) is 0 Å². The van der Waals surface area contributed by atoms with E-state index in [1.54, 1.807) is 18.1 Å². The lowest BCUT2D eigenvalue weighted by atomic mass is 10.0. The molecule has 0 aliphatic carbocycles. The van der Waals surface area contributed by atoms with Gasteiger partial charge in [-0.3, -0.25) is 9.69 Å². The maximum atomic E-state index is 13.5. The van der Waals surface area contributed by atoms with Crippen molar-refractivity contribution in [3.05, 3.63) is 100.0 Å². The number of rotatable bonds is 8. The highest BCUT2D eigenvalue weighted by molar-refractivity contribution is 5.80. The third kappa shape index (κ3) is 5.03. The normalized spacial score (nSPS) is 15.1. The molecule has 0 unspecified atom stereocenters. The number of anilines is 1. The Morgan fingerprint density at radius 1 is 1.05 bits per heavy atom. The predicted molar refractivity (Wildman–Crippen MR) is 148 cm³/mol. The summed E-state index contributed by atoms with van der Waals surface area (Å²) in [6, 6.07) is 19.6. The average Bonchev–Trinajstić information content (AvgIpc) is 3.66. The van der Waals surface area contributed by atoms with Gasteiger partial charge in [0.15, 0.2) is 5.82 Å². The molecule has 0 saturated carbocycles. The topological polar surface area (TPSA) is 105 Å². The molecule has 1 fully saturated rings. The number of aromatic nitrogens is 5. The number of fused-ring (bicyclic) bond motifs is 1. The molecule has 0 amide bonds. The molecular weight excluding hydrogens is 494 g/mol. The Morgan fingerprint density at radius 2 is 1.87 bits per heavy atom. The lowest BCUT2D eigenvalue weighted by Crippen LogP contribution is -2.49. The molecule has 1 aliphatic heterocycles. The van der Waals surface area contributed by atoms with Gasteiger partial charge < -0.3 is 19.0 Å². The Bertz CT molecular complexity index is 1600. The number of pyridine rings is 1. The van der Waals surface area contributed by atoms with Gasteiger partial charge in [-0.2, -0.15) is 0 Å². The van der Waals surface area contributed by atoms with E-state index in [1.165, 1.54) is 5.56 Å². The highest BCUT2D eigenvalue weighted by atomic mass is 16.5. The SMILES string of the molecule is CCc1ccc2[nH]c(=O)c([C@@H](c3nnnn3Cc3ccco3)N3CCN(c4ccc(OC)cc4)CC3)cc2c1. The number of methoxy groups -OCH3 is 1. The van der Waals surface area contributed by atoms with E-state index >= 15 is 0 Å². The van der Waals surface area contributed by atoms with E-state index < -0.39 is 6.04 Å². The van der Waals surface area contributed by atoms with Crippen LogP contribution in [0.5, 0.6) is 5.75 Å². The summed E-state index contributed by atoms with van der Waals surface area (Å²) in [7, 11) is 1.67. The van der Waals surface area contributed by atoms with Crippen molar-refractivity contribution in [1.82, 2.24) is 30.1 Å². The van der Waals surface area contributed by atoms with E-state index in [-0.39, 0.29) is 5.56 Å². The standard InChI is InChI=1S/C29H31N7O3/c1-3-20-6-11-26-21(17-20)18-25(29(37)30-26)27(28-31-32-33-36(28)19-24-5-4-16-39-24)35-14-12-34(13-15-35)22-7-9-23(38-2)10-8-22/h4-11,16-18,27H,3,12-15,19H2,1-2H3,(H,30,37)/t27-/m0/s1. The van der Waals surface area contributed by atoms with Crippen molar-refractivity contribution in [2.45, 2.75) is 25.9 Å². The molecule has 3 aromatic heterocycles. The Labute approximate surface area is 225 Å². The van der Waals surface area contributed by atoms with Crippen LogP contribution in [0.1, 0.15) is 35.7 Å². The van der Waals surface area contributed by atoms with Crippen LogP contribution in [0.4, 0.5) is 5.69 Å². The molecule has 10 heteroatoms. The minimum atomic E-state index is -0.425. The lowest BCUT2D eigenvalue weighted by Gasteiger charge is -2.39. The number of aromatic amines is 1. The number of piperazine rings is 1. The van der Waals surface area contributed by atoms with Crippen LogP contribution < -0.4 is 15.2 Å². The second kappa shape index (κ2) is 10.7. The molecule has 4 heterocycles. The van der Waals surface area contributed by atoms with Crippen molar-refractivity contribution >= 4 is 16.6 Å². The molecule has 2 aromatic carbocycles. The number of hydrogen-bond donors (Lipinski definition) is 1. The summed E-state index contributed by atoms with van der Waals surface area (Å²) in [5, 5.41) is 13.7. The zero-order valence-electron chi connectivity index (χ0n) is 22.1. The lowest BCUT2D eigenvalue weighted by molar-refractivity contribution is 0.200. The number of tetrazole rings is 1. The molecule has 1 saturated heterocycles. The number of ether oxygens (including phenoxy) is 1. The molecule has 6 rings (SSSR count). The summed E-state index contributed by atoms with van der Waals surface area (Å²) in [4.78, 5) is 21.3. The van der Waals surface area contributed by atoms with E-state index in [2.05, 4.69) is 61.5 Å². The zero-order chi connectivity index (χ0) is 26.8. The number of hydrogen-bond acceptors (Lipinski definition) is 8. The Balaban J connectivity index is 1.37. The number of nitrogens with zero attached hydrogens (tertiary/aromatic N) is 6. The van der Waals surface area contributed by atoms with Gasteiger partial charge in [0.1, 0.15) is 24.1 Å². The van der Waals surface area contributed by atoms with Gasteiger partial charge in [0, 0.05) is 42.9 Å². The highest BCUT2D eigenvalue weighted by Crippen LogP contribution is 2.30. The first kappa shape index (κ1) is 24.9. The monoisotopic (exact) mass is 525 g/mol. The number of H-pyrrole nitrogens is 1. The maximum absolute atomic E-state index is 13.5. The van der Waals surface area contributed by atoms with Gasteiger partial charge in [-0.25, -0.2) is 4.68 Å². The van der Waals surface area contributed by atoms with E-state index in [0.29, 0.717) is 17.9 Å². The van der Waals surface area contributed by atoms with Gasteiger partial charge >= 0.3 is 0 Å². The van der Waals surface area contributed by atoms with Crippen molar-refractivity contribution in [3.63, 3.8) is 0 Å². The van der Waals surface area contributed by atoms with Gasteiger partial charge in [-0.15, -0.1) is 5.10 Å². The zero-order valence-corrected chi connectivity index (χ0v) is 22.1. The van der Waals surface area contributed by atoms with Crippen molar-refractivity contribution in [2.75, 3.05) is 38.2 Å². The van der Waals surface area contributed by atoms with Crippen LogP contribution in [0, 0.1) is 0 Å². The molecule has 10 nitrogen and oxygen atoms in total. The minimum absolute atomic E-state index is 0.137. The molecule has 1 atom stereocenters. The Morgan fingerprint density at radius 3 is 2.59 bits per heavy atom. The summed E-state index contributed by atoms with van der Waals surface area (Å²) >= 11 is 0. The molecular formula is C29H31N7O3. The maximum Gasteiger partial charge on any atom is 0.253 e. The minimum Gasteiger partial charge on any atom is -0.497 e. The largest absolute Gasteiger partial charge is 0.497 e. The molecule has 1 aliphatic rings. The number of nitrogens with one attached hydrogen (secondary N) is 1. The average molecular weight is 526 g/mol. The van der Waals surface area contributed by atoms with Crippen LogP contribution in [0.25, 0.3) is 10.9 Å². The smallest absolute Gasteiger partial charge is 0.253 e. The quantitative estimate of drug-likeness (QED) is 0.327. The van der Waals surface area contributed by atoms with Gasteiger partial charge in [-0.1, -0.05) is 13.0 Å². The van der Waals surface area contributed by atoms with Crippen LogP contribution in [0.3, 0.4) is 0 Å². The van der Waals surface area contributed by atoms with Crippen molar-refractivity contribution in [3.8, 4) is 5.75 Å². The molecule has 0 bridgehead atoms. The molecule has 39 heavy (non-hydrogen) atoms. The first-order chi connectivity index (χ1) is 19.1. The fraction of sp³-hybridized carbons (Fsp3) is 0.310. The fourth-order valence-corrected chi connectivity index (χ4v) is 5.30. The third-order valence-corrected chi connectivity index (χ3v) is 7.45. The number of benzene rings is 2. The van der Waals surface area contributed by atoms with Crippen LogP contribution in [-0.4, -0.2) is 63.4 Å². The van der Waals surface area contributed by atoms with Crippen LogP contribution in [0.15, 0.2) is 76.1 Å². The summed E-state index contributed by atoms with van der Waals surface area (Å²) in [6.07, 6.45) is 2.55. The van der Waals surface area contributed by atoms with Gasteiger partial charge in [-0.05, 0) is 82.4 Å². The van der Waals surface area contributed by atoms with E-state index in [9.17, 15) is 4.79 Å². The number of aryl methyl sites for hydroxylation is 1. The van der Waals surface area contributed by atoms with Crippen LogP contribution in [-0.2, 0) is 13.0 Å². The fourth-order valence-electron chi connectivity index (χ4n) is 5.30. The van der Waals surface area contributed by atoms with Crippen LogP contribution >= 0.6 is 0 Å². The van der Waals surface area contributed by atoms with E-state index in [1.807, 2.05) is 36.4 Å². The first-order valence-corrected chi connectivity index (χ1v) is 13.2. The predicted octanol–water partition coefficient (Wildman–Crippen LogP) is 3.64. The Hall–Kier alpha value is -4.44. The Kier molecular flexibility index (Phi) is 6.85. The van der Waals surface area contributed by atoms with Gasteiger partial charge in [0.2, 0.25) is 0 Å². The van der Waals surface area contributed by atoms with Gasteiger partial charge in [0.05, 0.1) is 13.4 Å². The van der Waals surface area contributed by atoms with Crippen molar-refractivity contribution in [2.24, 2.45) is 0 Å². The second-order valence-electron chi connectivity index (χ2n) is 9.73. The van der Waals surface area contributed by atoms with E-state index in [0.717, 1.165) is 60.7 Å². The number of furan rings is 1. The highest BCUT2D eigenvalue weighted by Gasteiger charge is 2.33.